The Morgan fingerprint density at radius 3 is 2.70 bits per heavy atom. The number of carbonyl (C=O) groups is 2. The first-order chi connectivity index (χ1) is 14.7. The Labute approximate surface area is 182 Å². The Balaban J connectivity index is 1.22. The SMILES string of the molecule is O=C(CSc1nnc(NC(=O)NC2CCCCC2)s1)Nc1ccc2c(c1)OCCO2. The van der Waals surface area contributed by atoms with Crippen molar-refractivity contribution in [2.75, 3.05) is 29.6 Å². The van der Waals surface area contributed by atoms with Crippen LogP contribution >= 0.6 is 23.1 Å². The summed E-state index contributed by atoms with van der Waals surface area (Å²) in [5, 5.41) is 16.9. The number of anilines is 2. The first-order valence-corrected chi connectivity index (χ1v) is 11.7. The van der Waals surface area contributed by atoms with E-state index < -0.39 is 0 Å². The molecule has 2 aromatic rings. The molecule has 0 atom stereocenters. The third-order valence-corrected chi connectivity index (χ3v) is 6.69. The molecule has 1 aromatic carbocycles. The number of hydrogen-bond donors (Lipinski definition) is 3. The summed E-state index contributed by atoms with van der Waals surface area (Å²) in [5.41, 5.74) is 0.642. The molecule has 1 aliphatic carbocycles. The summed E-state index contributed by atoms with van der Waals surface area (Å²) >= 11 is 2.51. The van der Waals surface area contributed by atoms with Crippen LogP contribution in [0.15, 0.2) is 22.5 Å². The molecule has 0 radical (unpaired) electrons. The molecule has 11 heteroatoms. The molecule has 0 saturated heterocycles. The Morgan fingerprint density at radius 2 is 1.87 bits per heavy atom. The smallest absolute Gasteiger partial charge is 0.321 e. The zero-order chi connectivity index (χ0) is 20.8. The number of benzene rings is 1. The molecule has 1 saturated carbocycles. The molecule has 4 rings (SSSR count). The Morgan fingerprint density at radius 1 is 1.07 bits per heavy atom. The molecule has 9 nitrogen and oxygen atoms in total. The summed E-state index contributed by atoms with van der Waals surface area (Å²) in [5.74, 6) is 1.31. The summed E-state index contributed by atoms with van der Waals surface area (Å²) in [7, 11) is 0. The van der Waals surface area contributed by atoms with E-state index in [4.69, 9.17) is 9.47 Å². The van der Waals surface area contributed by atoms with Crippen molar-refractivity contribution in [2.45, 2.75) is 42.5 Å². The number of thioether (sulfide) groups is 1. The average molecular weight is 450 g/mol. The third-order valence-electron chi connectivity index (χ3n) is 4.72. The lowest BCUT2D eigenvalue weighted by Crippen LogP contribution is -2.38. The quantitative estimate of drug-likeness (QED) is 0.457. The highest BCUT2D eigenvalue weighted by atomic mass is 32.2. The average Bonchev–Trinajstić information content (AvgIpc) is 3.20. The van der Waals surface area contributed by atoms with E-state index in [1.807, 2.05) is 0 Å². The number of hydrogen-bond acceptors (Lipinski definition) is 8. The van der Waals surface area contributed by atoms with Gasteiger partial charge in [-0.2, -0.15) is 0 Å². The number of aromatic nitrogens is 2. The second-order valence-electron chi connectivity index (χ2n) is 7.00. The third kappa shape index (κ3) is 5.76. The zero-order valence-corrected chi connectivity index (χ0v) is 17.9. The number of urea groups is 1. The zero-order valence-electron chi connectivity index (χ0n) is 16.3. The Hall–Kier alpha value is -2.53. The molecule has 1 aliphatic heterocycles. The maximum Gasteiger partial charge on any atom is 0.321 e. The lowest BCUT2D eigenvalue weighted by molar-refractivity contribution is -0.113. The van der Waals surface area contributed by atoms with Gasteiger partial charge in [0.15, 0.2) is 15.8 Å². The summed E-state index contributed by atoms with van der Waals surface area (Å²) < 4.78 is 11.6. The number of nitrogens with one attached hydrogen (secondary N) is 3. The van der Waals surface area contributed by atoms with Gasteiger partial charge in [-0.05, 0) is 25.0 Å². The van der Waals surface area contributed by atoms with Crippen molar-refractivity contribution in [3.05, 3.63) is 18.2 Å². The lowest BCUT2D eigenvalue weighted by atomic mass is 9.96. The van der Waals surface area contributed by atoms with Gasteiger partial charge in [-0.1, -0.05) is 42.4 Å². The van der Waals surface area contributed by atoms with Crippen LogP contribution in [-0.4, -0.2) is 47.1 Å². The van der Waals surface area contributed by atoms with Gasteiger partial charge < -0.3 is 20.1 Å². The van der Waals surface area contributed by atoms with Crippen LogP contribution in [0.4, 0.5) is 15.6 Å². The summed E-state index contributed by atoms with van der Waals surface area (Å²) in [4.78, 5) is 24.3. The van der Waals surface area contributed by atoms with Crippen molar-refractivity contribution in [1.82, 2.24) is 15.5 Å². The van der Waals surface area contributed by atoms with E-state index in [-0.39, 0.29) is 23.7 Å². The Kier molecular flexibility index (Phi) is 6.90. The molecule has 3 amide bonds. The van der Waals surface area contributed by atoms with Crippen molar-refractivity contribution < 1.29 is 19.1 Å². The minimum Gasteiger partial charge on any atom is -0.486 e. The van der Waals surface area contributed by atoms with Gasteiger partial charge in [0, 0.05) is 17.8 Å². The monoisotopic (exact) mass is 449 g/mol. The molecule has 1 fully saturated rings. The van der Waals surface area contributed by atoms with Gasteiger partial charge in [0.05, 0.1) is 5.75 Å². The predicted molar refractivity (Wildman–Crippen MR) is 116 cm³/mol. The minimum atomic E-state index is -0.258. The van der Waals surface area contributed by atoms with E-state index in [1.165, 1.54) is 29.5 Å². The van der Waals surface area contributed by atoms with Gasteiger partial charge in [0.25, 0.3) is 0 Å². The van der Waals surface area contributed by atoms with E-state index >= 15 is 0 Å². The van der Waals surface area contributed by atoms with E-state index in [1.54, 1.807) is 18.2 Å². The van der Waals surface area contributed by atoms with E-state index in [9.17, 15) is 9.59 Å². The predicted octanol–water partition coefficient (Wildman–Crippen LogP) is 3.49. The Bertz CT molecular complexity index is 901. The highest BCUT2D eigenvalue weighted by Crippen LogP contribution is 2.33. The molecule has 160 valence electrons. The first kappa shape index (κ1) is 20.7. The summed E-state index contributed by atoms with van der Waals surface area (Å²) in [6.45, 7) is 1.02. The molecular formula is C19H23N5O4S2. The molecule has 2 aliphatic rings. The van der Waals surface area contributed by atoms with Crippen LogP contribution in [0, 0.1) is 0 Å². The second-order valence-corrected chi connectivity index (χ2v) is 9.20. The highest BCUT2D eigenvalue weighted by molar-refractivity contribution is 8.01. The van der Waals surface area contributed by atoms with Crippen molar-refractivity contribution in [1.29, 1.82) is 0 Å². The topological polar surface area (TPSA) is 114 Å². The number of fused-ring (bicyclic) bond motifs is 1. The van der Waals surface area contributed by atoms with Gasteiger partial charge >= 0.3 is 6.03 Å². The molecule has 0 bridgehead atoms. The number of rotatable bonds is 6. The van der Waals surface area contributed by atoms with E-state index in [0.29, 0.717) is 39.9 Å². The molecule has 0 spiro atoms. The fraction of sp³-hybridized carbons (Fsp3) is 0.474. The first-order valence-electron chi connectivity index (χ1n) is 9.89. The van der Waals surface area contributed by atoms with Crippen molar-refractivity contribution in [2.24, 2.45) is 0 Å². The fourth-order valence-corrected chi connectivity index (χ4v) is 4.88. The number of amides is 3. The van der Waals surface area contributed by atoms with Crippen LogP contribution in [-0.2, 0) is 4.79 Å². The molecule has 2 heterocycles. The van der Waals surface area contributed by atoms with Crippen LogP contribution in [0.25, 0.3) is 0 Å². The lowest BCUT2D eigenvalue weighted by Gasteiger charge is -2.22. The van der Waals surface area contributed by atoms with Crippen molar-refractivity contribution in [3.63, 3.8) is 0 Å². The number of ether oxygens (including phenoxy) is 2. The highest BCUT2D eigenvalue weighted by Gasteiger charge is 2.17. The maximum atomic E-state index is 12.2. The second kappa shape index (κ2) is 9.98. The normalized spacial score (nSPS) is 16.0. The van der Waals surface area contributed by atoms with Crippen LogP contribution < -0.4 is 25.4 Å². The molecular weight excluding hydrogens is 426 g/mol. The van der Waals surface area contributed by atoms with Gasteiger partial charge in [0.2, 0.25) is 11.0 Å². The van der Waals surface area contributed by atoms with Gasteiger partial charge in [-0.15, -0.1) is 10.2 Å². The standard InChI is InChI=1S/C19H23N5O4S2/c25-16(20-13-6-7-14-15(10-13)28-9-8-27-14)11-29-19-24-23-18(30-19)22-17(26)21-12-4-2-1-3-5-12/h6-7,10,12H,1-5,8-9,11H2,(H,20,25)(H2,21,22,23,26). The van der Waals surface area contributed by atoms with Crippen LogP contribution in [0.5, 0.6) is 11.5 Å². The van der Waals surface area contributed by atoms with E-state index in [0.717, 1.165) is 25.7 Å². The number of nitrogens with zero attached hydrogens (tertiary/aromatic N) is 2. The summed E-state index contributed by atoms with van der Waals surface area (Å²) in [6, 6.07) is 5.26. The van der Waals surface area contributed by atoms with Crippen molar-refractivity contribution >= 4 is 45.9 Å². The maximum absolute atomic E-state index is 12.2. The van der Waals surface area contributed by atoms with Crippen LogP contribution in [0.2, 0.25) is 0 Å². The van der Waals surface area contributed by atoms with Gasteiger partial charge in [-0.25, -0.2) is 4.79 Å². The van der Waals surface area contributed by atoms with Gasteiger partial charge in [-0.3, -0.25) is 10.1 Å². The molecule has 3 N–H and O–H groups in total. The number of carbonyl (C=O) groups excluding carboxylic acids is 2. The van der Waals surface area contributed by atoms with Crippen molar-refractivity contribution in [3.8, 4) is 11.5 Å². The molecule has 0 unspecified atom stereocenters. The minimum absolute atomic E-state index is 0.170. The molecule has 30 heavy (non-hydrogen) atoms. The summed E-state index contributed by atoms with van der Waals surface area (Å²) in [6.07, 6.45) is 5.57. The van der Waals surface area contributed by atoms with Crippen LogP contribution in [0.3, 0.4) is 0 Å². The molecule has 1 aromatic heterocycles. The van der Waals surface area contributed by atoms with Crippen LogP contribution in [0.1, 0.15) is 32.1 Å². The van der Waals surface area contributed by atoms with E-state index in [2.05, 4.69) is 26.1 Å². The largest absolute Gasteiger partial charge is 0.486 e. The fourth-order valence-electron chi connectivity index (χ4n) is 3.33. The van der Waals surface area contributed by atoms with Gasteiger partial charge in [0.1, 0.15) is 13.2 Å².